The van der Waals surface area contributed by atoms with Crippen LogP contribution < -0.4 is 19.9 Å². The highest BCUT2D eigenvalue weighted by molar-refractivity contribution is 5.94. The normalized spacial score (nSPS) is 22.3. The van der Waals surface area contributed by atoms with Crippen molar-refractivity contribution in [3.05, 3.63) is 66.4 Å². The van der Waals surface area contributed by atoms with Crippen LogP contribution in [0.25, 0.3) is 10.8 Å². The second-order valence-electron chi connectivity index (χ2n) is 10.9. The zero-order valence-corrected chi connectivity index (χ0v) is 23.1. The molecule has 0 aliphatic carbocycles. The highest BCUT2D eigenvalue weighted by Gasteiger charge is 2.34. The highest BCUT2D eigenvalue weighted by atomic mass is 16.5. The van der Waals surface area contributed by atoms with Crippen LogP contribution in [0.15, 0.2) is 55.1 Å². The molecule has 3 aliphatic rings. The summed E-state index contributed by atoms with van der Waals surface area (Å²) in [5.74, 6) is 0.642. The van der Waals surface area contributed by atoms with Crippen LogP contribution in [0.4, 0.5) is 11.5 Å². The number of anilines is 2. The molecule has 2 fully saturated rings. The fourth-order valence-corrected chi connectivity index (χ4v) is 6.23. The van der Waals surface area contributed by atoms with Gasteiger partial charge in [0.25, 0.3) is 0 Å². The van der Waals surface area contributed by atoms with Crippen molar-refractivity contribution in [2.24, 2.45) is 0 Å². The van der Waals surface area contributed by atoms with Crippen molar-refractivity contribution in [2.45, 2.75) is 44.0 Å². The van der Waals surface area contributed by atoms with Crippen molar-refractivity contribution in [3.8, 4) is 12.1 Å². The third kappa shape index (κ3) is 5.43. The summed E-state index contributed by atoms with van der Waals surface area (Å²) in [5, 5.41) is 25.4. The minimum Gasteiger partial charge on any atom is -0.462 e. The number of rotatable bonds is 7. The maximum absolute atomic E-state index is 12.5. The fraction of sp³-hybridized carbons (Fsp3) is 0.419. The number of nitrogens with one attached hydrogen (secondary N) is 1. The van der Waals surface area contributed by atoms with Gasteiger partial charge in [0, 0.05) is 42.8 Å². The van der Waals surface area contributed by atoms with E-state index in [1.807, 2.05) is 0 Å². The second-order valence-corrected chi connectivity index (χ2v) is 10.9. The highest BCUT2D eigenvalue weighted by Crippen LogP contribution is 2.35. The van der Waals surface area contributed by atoms with Gasteiger partial charge >= 0.3 is 6.01 Å². The van der Waals surface area contributed by atoms with Crippen LogP contribution in [0.2, 0.25) is 0 Å². The monoisotopic (exact) mass is 553 g/mol. The Morgan fingerprint density at radius 3 is 2.83 bits per heavy atom. The van der Waals surface area contributed by atoms with Gasteiger partial charge in [-0.05, 0) is 36.9 Å². The lowest BCUT2D eigenvalue weighted by Gasteiger charge is -2.42. The Morgan fingerprint density at radius 2 is 2.02 bits per heavy atom. The topological polar surface area (TPSA) is 118 Å². The number of amides is 1. The summed E-state index contributed by atoms with van der Waals surface area (Å²) < 4.78 is 6.10. The number of hydrogen-bond donors (Lipinski definition) is 2. The van der Waals surface area contributed by atoms with E-state index in [1.165, 1.54) is 22.5 Å². The smallest absolute Gasteiger partial charge is 0.318 e. The van der Waals surface area contributed by atoms with Crippen LogP contribution in [0.5, 0.6) is 6.01 Å². The summed E-state index contributed by atoms with van der Waals surface area (Å²) in [5.41, 5.74) is 3.15. The molecule has 6 rings (SSSR count). The molecule has 2 saturated heterocycles. The first-order chi connectivity index (χ1) is 20.1. The van der Waals surface area contributed by atoms with Gasteiger partial charge in [0.2, 0.25) is 5.91 Å². The maximum atomic E-state index is 12.5. The number of ether oxygens (including phenoxy) is 1. The molecule has 10 heteroatoms. The van der Waals surface area contributed by atoms with E-state index in [9.17, 15) is 15.2 Å². The van der Waals surface area contributed by atoms with Crippen LogP contribution in [-0.4, -0.2) is 83.4 Å². The van der Waals surface area contributed by atoms with Crippen molar-refractivity contribution in [2.75, 3.05) is 49.1 Å². The van der Waals surface area contributed by atoms with E-state index in [0.29, 0.717) is 32.6 Å². The van der Waals surface area contributed by atoms with Crippen LogP contribution in [0, 0.1) is 11.3 Å². The SMILES string of the molecule is C=CC(=O)N1CCN(c2nc(OC[C@H]3NCC[C@@H]3O)nc3c2CCN(c2cccc4ccccc24)C3)CC1CC#N. The number of carbonyl (C=O) groups excluding carboxylic acids is 1. The van der Waals surface area contributed by atoms with Gasteiger partial charge in [-0.25, -0.2) is 0 Å². The van der Waals surface area contributed by atoms with Crippen molar-refractivity contribution in [3.63, 3.8) is 0 Å². The van der Waals surface area contributed by atoms with Gasteiger partial charge in [0.15, 0.2) is 0 Å². The third-order valence-corrected chi connectivity index (χ3v) is 8.40. The Balaban J connectivity index is 1.33. The molecule has 0 bridgehead atoms. The fourth-order valence-electron chi connectivity index (χ4n) is 6.23. The molecule has 1 unspecified atom stereocenters. The van der Waals surface area contributed by atoms with E-state index in [-0.39, 0.29) is 37.0 Å². The third-order valence-electron chi connectivity index (χ3n) is 8.40. The van der Waals surface area contributed by atoms with Crippen LogP contribution in [0.3, 0.4) is 0 Å². The molecule has 3 aliphatic heterocycles. The molecule has 212 valence electrons. The quantitative estimate of drug-likeness (QED) is 0.425. The molecule has 1 aromatic heterocycles. The summed E-state index contributed by atoms with van der Waals surface area (Å²) in [4.78, 5) is 28.5. The first-order valence-electron chi connectivity index (χ1n) is 14.3. The molecule has 41 heavy (non-hydrogen) atoms. The van der Waals surface area contributed by atoms with Crippen molar-refractivity contribution >= 4 is 28.2 Å². The zero-order chi connectivity index (χ0) is 28.3. The Labute approximate surface area is 239 Å². The number of nitriles is 1. The van der Waals surface area contributed by atoms with Crippen molar-refractivity contribution < 1.29 is 14.6 Å². The van der Waals surface area contributed by atoms with Crippen molar-refractivity contribution in [1.82, 2.24) is 20.2 Å². The van der Waals surface area contributed by atoms with Crippen molar-refractivity contribution in [1.29, 1.82) is 5.26 Å². The predicted octanol–water partition coefficient (Wildman–Crippen LogP) is 2.41. The van der Waals surface area contributed by atoms with Crippen LogP contribution >= 0.6 is 0 Å². The first kappa shape index (κ1) is 27.0. The Morgan fingerprint density at radius 1 is 1.17 bits per heavy atom. The molecule has 0 saturated carbocycles. The summed E-state index contributed by atoms with van der Waals surface area (Å²) in [6.45, 7) is 7.63. The summed E-state index contributed by atoms with van der Waals surface area (Å²) in [6, 6.07) is 16.9. The van der Waals surface area contributed by atoms with Crippen LogP contribution in [-0.2, 0) is 17.8 Å². The molecular formula is C31H35N7O3. The minimum absolute atomic E-state index is 0.160. The lowest BCUT2D eigenvalue weighted by molar-refractivity contribution is -0.128. The van der Waals surface area contributed by atoms with Gasteiger partial charge in [0.1, 0.15) is 12.4 Å². The molecular weight excluding hydrogens is 518 g/mol. The average Bonchev–Trinajstić information content (AvgIpc) is 3.43. The number of aliphatic hydroxyl groups excluding tert-OH is 1. The number of fused-ring (bicyclic) bond motifs is 2. The number of carbonyl (C=O) groups is 1. The van der Waals surface area contributed by atoms with Gasteiger partial charge in [-0.1, -0.05) is 43.0 Å². The van der Waals surface area contributed by atoms with E-state index in [1.54, 1.807) is 4.90 Å². The van der Waals surface area contributed by atoms with E-state index in [2.05, 4.69) is 70.2 Å². The summed E-state index contributed by atoms with van der Waals surface area (Å²) in [7, 11) is 0. The number of nitrogens with zero attached hydrogens (tertiary/aromatic N) is 6. The molecule has 0 spiro atoms. The van der Waals surface area contributed by atoms with Gasteiger partial charge in [-0.3, -0.25) is 4.79 Å². The molecule has 3 aromatic rings. The number of piperazine rings is 1. The van der Waals surface area contributed by atoms with E-state index >= 15 is 0 Å². The minimum atomic E-state index is -0.462. The molecule has 2 aromatic carbocycles. The number of hydrogen-bond acceptors (Lipinski definition) is 9. The predicted molar refractivity (Wildman–Crippen MR) is 157 cm³/mol. The van der Waals surface area contributed by atoms with Gasteiger partial charge in [0.05, 0.1) is 42.9 Å². The largest absolute Gasteiger partial charge is 0.462 e. The van der Waals surface area contributed by atoms with Gasteiger partial charge < -0.3 is 29.9 Å². The van der Waals surface area contributed by atoms with E-state index in [4.69, 9.17) is 14.7 Å². The molecule has 10 nitrogen and oxygen atoms in total. The Hall–Kier alpha value is -4.20. The van der Waals surface area contributed by atoms with Crippen LogP contribution in [0.1, 0.15) is 24.1 Å². The summed E-state index contributed by atoms with van der Waals surface area (Å²) >= 11 is 0. The number of aliphatic hydroxyl groups is 1. The summed E-state index contributed by atoms with van der Waals surface area (Å²) in [6.07, 6.45) is 2.53. The molecule has 4 heterocycles. The van der Waals surface area contributed by atoms with E-state index in [0.717, 1.165) is 36.6 Å². The zero-order valence-electron chi connectivity index (χ0n) is 23.1. The Bertz CT molecular complexity index is 1480. The number of aromatic nitrogens is 2. The van der Waals surface area contributed by atoms with Gasteiger partial charge in [-0.2, -0.15) is 15.2 Å². The van der Waals surface area contributed by atoms with E-state index < -0.39 is 6.10 Å². The standard InChI is InChI=1S/C31H35N7O3/c1-2-29(40)38-17-16-37(18-22(38)10-13-32)30-24-12-15-36(27-9-5-7-21-6-3-4-8-23(21)27)19-25(24)34-31(35-30)41-20-26-28(39)11-14-33-26/h2-9,22,26,28,33,39H,1,10-12,14-20H2/t22?,26-,28+/m1/s1. The number of benzene rings is 2. The first-order valence-corrected chi connectivity index (χ1v) is 14.3. The second kappa shape index (κ2) is 11.7. The average molecular weight is 554 g/mol. The van der Waals surface area contributed by atoms with Gasteiger partial charge in [-0.15, -0.1) is 0 Å². The molecule has 2 N–H and O–H groups in total. The Kier molecular flexibility index (Phi) is 7.72. The molecule has 1 amide bonds. The molecule has 0 radical (unpaired) electrons. The molecule has 3 atom stereocenters. The maximum Gasteiger partial charge on any atom is 0.318 e. The lowest BCUT2D eigenvalue weighted by Crippen LogP contribution is -2.55. The lowest BCUT2D eigenvalue weighted by atomic mass is 10.0.